The normalized spacial score (nSPS) is 18.2. The fourth-order valence-electron chi connectivity index (χ4n) is 4.50. The number of hydrogen-bond donors (Lipinski definition) is 2. The Labute approximate surface area is 211 Å². The number of anilines is 1. The van der Waals surface area contributed by atoms with Crippen LogP contribution in [0.3, 0.4) is 0 Å². The average Bonchev–Trinajstić information content (AvgIpc) is 3.48. The number of carbonyl (C=O) groups excluding carboxylic acids is 1. The first-order chi connectivity index (χ1) is 17.4. The number of hydrogen-bond acceptors (Lipinski definition) is 6. The van der Waals surface area contributed by atoms with Crippen LogP contribution in [-0.4, -0.2) is 60.2 Å². The number of urea groups is 1. The van der Waals surface area contributed by atoms with Crippen molar-refractivity contribution in [3.63, 3.8) is 0 Å². The van der Waals surface area contributed by atoms with Crippen molar-refractivity contribution < 1.29 is 26.4 Å². The van der Waals surface area contributed by atoms with Gasteiger partial charge in [0.25, 0.3) is 10.0 Å². The van der Waals surface area contributed by atoms with Crippen LogP contribution in [0.25, 0.3) is 11.0 Å². The van der Waals surface area contributed by atoms with Crippen molar-refractivity contribution in [2.75, 3.05) is 25.0 Å². The van der Waals surface area contributed by atoms with Crippen LogP contribution in [-0.2, 0) is 10.0 Å². The topological polar surface area (TPSA) is 120 Å². The summed E-state index contributed by atoms with van der Waals surface area (Å²) in [4.78, 5) is 18.0. The van der Waals surface area contributed by atoms with Crippen LogP contribution in [0.2, 0.25) is 0 Å². The molecule has 2 amide bonds. The molecule has 37 heavy (non-hydrogen) atoms. The SMILES string of the molecule is CC(C)[C@@H]1CN(C(=O)NCC(F)(F)F)C[C@@H]1Nc1c(C#N)cnc2c1ccn2S(=O)(=O)c1ccccc1. The third-order valence-corrected chi connectivity index (χ3v) is 8.06. The Hall–Kier alpha value is -3.79. The van der Waals surface area contributed by atoms with Gasteiger partial charge in [0.05, 0.1) is 16.1 Å². The van der Waals surface area contributed by atoms with Crippen molar-refractivity contribution in [2.45, 2.75) is 31.0 Å². The molecule has 0 radical (unpaired) electrons. The predicted octanol–water partition coefficient (Wildman–Crippen LogP) is 3.79. The molecule has 3 aromatic rings. The standard InChI is InChI=1S/C24H25F3N6O3S/c1-15(2)19-12-32(23(34)30-14-24(25,26)27)13-20(19)31-21-16(10-28)11-29-22-18(21)8-9-33(22)37(35,36)17-6-4-3-5-7-17/h3-9,11,15,19-20H,12-14H2,1-2H3,(H,29,31)(H,30,34)/t19-,20-/m0/s1. The van der Waals surface area contributed by atoms with Gasteiger partial charge in [-0.1, -0.05) is 32.0 Å². The first kappa shape index (κ1) is 26.3. The number of fused-ring (bicyclic) bond motifs is 1. The van der Waals surface area contributed by atoms with E-state index < -0.39 is 34.8 Å². The van der Waals surface area contributed by atoms with Gasteiger partial charge in [0.1, 0.15) is 12.6 Å². The third-order valence-electron chi connectivity index (χ3n) is 6.38. The van der Waals surface area contributed by atoms with E-state index in [-0.39, 0.29) is 41.0 Å². The van der Waals surface area contributed by atoms with E-state index >= 15 is 0 Å². The Bertz CT molecular complexity index is 1450. The number of halogens is 3. The lowest BCUT2D eigenvalue weighted by Crippen LogP contribution is -2.43. The number of alkyl halides is 3. The van der Waals surface area contributed by atoms with E-state index in [1.54, 1.807) is 24.3 Å². The molecule has 9 nitrogen and oxygen atoms in total. The van der Waals surface area contributed by atoms with Gasteiger partial charge in [0.15, 0.2) is 5.65 Å². The molecule has 0 saturated carbocycles. The molecule has 1 aliphatic heterocycles. The number of likely N-dealkylation sites (tertiary alicyclic amines) is 1. The van der Waals surface area contributed by atoms with Crippen LogP contribution < -0.4 is 10.6 Å². The highest BCUT2D eigenvalue weighted by Crippen LogP contribution is 2.33. The van der Waals surface area contributed by atoms with Crippen LogP contribution in [0.1, 0.15) is 19.4 Å². The molecule has 0 spiro atoms. The van der Waals surface area contributed by atoms with Gasteiger partial charge in [-0.25, -0.2) is 22.2 Å². The van der Waals surface area contributed by atoms with Crippen molar-refractivity contribution in [3.05, 3.63) is 54.4 Å². The molecule has 13 heteroatoms. The summed E-state index contributed by atoms with van der Waals surface area (Å²) in [6.45, 7) is 2.77. The van der Waals surface area contributed by atoms with Gasteiger partial charge in [0, 0.05) is 42.8 Å². The van der Waals surface area contributed by atoms with Crippen molar-refractivity contribution in [1.82, 2.24) is 19.2 Å². The zero-order valence-corrected chi connectivity index (χ0v) is 20.8. The molecule has 2 atom stereocenters. The minimum atomic E-state index is -4.53. The van der Waals surface area contributed by atoms with Crippen LogP contribution in [0.5, 0.6) is 0 Å². The molecule has 196 valence electrons. The maximum atomic E-state index is 13.2. The predicted molar refractivity (Wildman–Crippen MR) is 130 cm³/mol. The Morgan fingerprint density at radius 1 is 1.22 bits per heavy atom. The fourth-order valence-corrected chi connectivity index (χ4v) is 5.82. The number of nitrogens with one attached hydrogen (secondary N) is 2. The molecule has 0 bridgehead atoms. The first-order valence-corrected chi connectivity index (χ1v) is 12.9. The van der Waals surface area contributed by atoms with Crippen LogP contribution in [0, 0.1) is 23.2 Å². The molecule has 0 aliphatic carbocycles. The summed E-state index contributed by atoms with van der Waals surface area (Å²) < 4.78 is 65.2. The van der Waals surface area contributed by atoms with E-state index in [0.29, 0.717) is 11.1 Å². The summed E-state index contributed by atoms with van der Waals surface area (Å²) in [5, 5.41) is 15.3. The largest absolute Gasteiger partial charge is 0.405 e. The quantitative estimate of drug-likeness (QED) is 0.497. The minimum Gasteiger partial charge on any atom is -0.378 e. The first-order valence-electron chi connectivity index (χ1n) is 11.5. The van der Waals surface area contributed by atoms with Gasteiger partial charge in [-0.3, -0.25) is 0 Å². The Kier molecular flexibility index (Phi) is 7.05. The fraction of sp³-hybridized carbons (Fsp3) is 0.375. The van der Waals surface area contributed by atoms with Gasteiger partial charge in [0.2, 0.25) is 0 Å². The van der Waals surface area contributed by atoms with Crippen LogP contribution in [0.15, 0.2) is 53.7 Å². The molecule has 3 heterocycles. The van der Waals surface area contributed by atoms with E-state index in [1.165, 1.54) is 29.4 Å². The highest BCUT2D eigenvalue weighted by molar-refractivity contribution is 7.90. The molecule has 0 unspecified atom stereocenters. The molecule has 1 fully saturated rings. The molecule has 2 N–H and O–H groups in total. The van der Waals surface area contributed by atoms with E-state index in [0.717, 1.165) is 3.97 Å². The van der Waals surface area contributed by atoms with Gasteiger partial charge in [-0.15, -0.1) is 0 Å². The van der Waals surface area contributed by atoms with E-state index in [4.69, 9.17) is 0 Å². The molecule has 1 saturated heterocycles. The van der Waals surface area contributed by atoms with Crippen molar-refractivity contribution in [1.29, 1.82) is 5.26 Å². The Morgan fingerprint density at radius 2 is 1.92 bits per heavy atom. The number of benzene rings is 1. The maximum Gasteiger partial charge on any atom is 0.405 e. The number of aromatic nitrogens is 2. The van der Waals surface area contributed by atoms with E-state index in [2.05, 4.69) is 16.4 Å². The summed E-state index contributed by atoms with van der Waals surface area (Å²) in [6, 6.07) is 10.2. The molecular weight excluding hydrogens is 509 g/mol. The minimum absolute atomic E-state index is 0.0591. The molecule has 1 aliphatic rings. The lowest BCUT2D eigenvalue weighted by molar-refractivity contribution is -0.123. The summed E-state index contributed by atoms with van der Waals surface area (Å²) in [6.07, 6.45) is -1.89. The third kappa shape index (κ3) is 5.34. The second-order valence-electron chi connectivity index (χ2n) is 9.16. The van der Waals surface area contributed by atoms with Gasteiger partial charge < -0.3 is 15.5 Å². The highest BCUT2D eigenvalue weighted by Gasteiger charge is 2.39. The molecule has 4 rings (SSSR count). The van der Waals surface area contributed by atoms with Gasteiger partial charge in [-0.2, -0.15) is 18.4 Å². The lowest BCUT2D eigenvalue weighted by atomic mass is 9.91. The van der Waals surface area contributed by atoms with Crippen molar-refractivity contribution >= 4 is 32.8 Å². The monoisotopic (exact) mass is 534 g/mol. The van der Waals surface area contributed by atoms with Gasteiger partial charge >= 0.3 is 12.2 Å². The van der Waals surface area contributed by atoms with Crippen LogP contribution in [0.4, 0.5) is 23.7 Å². The van der Waals surface area contributed by atoms with Gasteiger partial charge in [-0.05, 0) is 24.1 Å². The van der Waals surface area contributed by atoms with Crippen molar-refractivity contribution in [2.24, 2.45) is 11.8 Å². The van der Waals surface area contributed by atoms with Crippen LogP contribution >= 0.6 is 0 Å². The maximum absolute atomic E-state index is 13.2. The highest BCUT2D eigenvalue weighted by atomic mass is 32.2. The summed E-state index contributed by atoms with van der Waals surface area (Å²) >= 11 is 0. The Morgan fingerprint density at radius 3 is 2.54 bits per heavy atom. The Balaban J connectivity index is 1.67. The number of rotatable bonds is 6. The number of amides is 2. The number of carbonyl (C=O) groups is 1. The molecular formula is C24H25F3N6O3S. The van der Waals surface area contributed by atoms with E-state index in [1.807, 2.05) is 19.2 Å². The summed E-state index contributed by atoms with van der Waals surface area (Å²) in [7, 11) is -3.96. The summed E-state index contributed by atoms with van der Waals surface area (Å²) in [5.41, 5.74) is 0.636. The zero-order valence-electron chi connectivity index (χ0n) is 20.0. The number of nitrogens with zero attached hydrogens (tertiary/aromatic N) is 4. The molecule has 1 aromatic carbocycles. The van der Waals surface area contributed by atoms with Crippen molar-refractivity contribution in [3.8, 4) is 6.07 Å². The smallest absolute Gasteiger partial charge is 0.378 e. The average molecular weight is 535 g/mol. The number of pyridine rings is 1. The zero-order chi connectivity index (χ0) is 27.0. The van der Waals surface area contributed by atoms with E-state index in [9.17, 15) is 31.6 Å². The second-order valence-corrected chi connectivity index (χ2v) is 11.0. The summed E-state index contributed by atoms with van der Waals surface area (Å²) in [5.74, 6) is -0.0784. The molecule has 2 aromatic heterocycles. The second kappa shape index (κ2) is 9.93. The lowest BCUT2D eigenvalue weighted by Gasteiger charge is -2.24. The number of nitriles is 1.